The number of carbonyl (C=O) groups excluding carboxylic acids is 1. The van der Waals surface area contributed by atoms with E-state index >= 15 is 0 Å². The fourth-order valence-electron chi connectivity index (χ4n) is 3.93. The summed E-state index contributed by atoms with van der Waals surface area (Å²) in [6.07, 6.45) is 1.24. The van der Waals surface area contributed by atoms with Gasteiger partial charge in [-0.05, 0) is 44.4 Å². The number of amides is 1. The molecule has 2 unspecified atom stereocenters. The van der Waals surface area contributed by atoms with Crippen molar-refractivity contribution in [2.75, 3.05) is 17.7 Å². The first-order valence-electron chi connectivity index (χ1n) is 9.20. The average Bonchev–Trinajstić information content (AvgIpc) is 2.84. The molecular weight excluding hydrogens is 407 g/mol. The van der Waals surface area contributed by atoms with E-state index in [1.807, 2.05) is 13.8 Å². The second kappa shape index (κ2) is 7.24. The van der Waals surface area contributed by atoms with E-state index in [0.29, 0.717) is 19.4 Å². The molecule has 2 N–H and O–H groups in total. The lowest BCUT2D eigenvalue weighted by molar-refractivity contribution is -0.113. The van der Waals surface area contributed by atoms with E-state index in [-0.39, 0.29) is 34.6 Å². The predicted octanol–water partition coefficient (Wildman–Crippen LogP) is 3.50. The highest BCUT2D eigenvalue weighted by molar-refractivity contribution is 8.00. The number of fused-ring (bicyclic) bond motifs is 1. The molecule has 3 heterocycles. The molecule has 2 aliphatic heterocycles. The van der Waals surface area contributed by atoms with Gasteiger partial charge in [0.1, 0.15) is 5.82 Å². The van der Waals surface area contributed by atoms with Crippen LogP contribution in [0.15, 0.2) is 16.9 Å². The second-order valence-electron chi connectivity index (χ2n) is 7.87. The molecule has 0 saturated carbocycles. The van der Waals surface area contributed by atoms with Crippen molar-refractivity contribution in [3.63, 3.8) is 0 Å². The summed E-state index contributed by atoms with van der Waals surface area (Å²) in [6.45, 7) is 4.38. The highest BCUT2D eigenvalue weighted by Crippen LogP contribution is 2.42. The van der Waals surface area contributed by atoms with Crippen LogP contribution in [-0.4, -0.2) is 33.6 Å². The first-order valence-corrected chi connectivity index (χ1v) is 10.3. The van der Waals surface area contributed by atoms with Crippen LogP contribution in [0, 0.1) is 17.5 Å². The number of hydrogen-bond acceptors (Lipinski definition) is 4. The third kappa shape index (κ3) is 3.71. The van der Waals surface area contributed by atoms with Crippen LogP contribution < -0.4 is 10.9 Å². The van der Waals surface area contributed by atoms with Gasteiger partial charge >= 0.3 is 0 Å². The number of anilines is 1. The van der Waals surface area contributed by atoms with Crippen LogP contribution in [0.3, 0.4) is 0 Å². The third-order valence-corrected chi connectivity index (χ3v) is 6.48. The minimum Gasteiger partial charge on any atom is -0.375 e. The Morgan fingerprint density at radius 3 is 2.55 bits per heavy atom. The summed E-state index contributed by atoms with van der Waals surface area (Å²) in [4.78, 5) is 25.1. The quantitative estimate of drug-likeness (QED) is 0.720. The first kappa shape index (κ1) is 20.1. The van der Waals surface area contributed by atoms with Crippen molar-refractivity contribution < 1.29 is 22.7 Å². The largest absolute Gasteiger partial charge is 0.375 e. The smallest absolute Gasteiger partial charge is 0.270 e. The molecule has 2 aliphatic rings. The summed E-state index contributed by atoms with van der Waals surface area (Å²) in [5, 5.41) is 4.69. The molecule has 6 nitrogen and oxygen atoms in total. The van der Waals surface area contributed by atoms with Crippen molar-refractivity contribution in [1.82, 2.24) is 9.78 Å². The van der Waals surface area contributed by atoms with Gasteiger partial charge < -0.3 is 10.1 Å². The van der Waals surface area contributed by atoms with Gasteiger partial charge in [-0.3, -0.25) is 19.4 Å². The molecule has 10 heteroatoms. The van der Waals surface area contributed by atoms with E-state index in [1.54, 1.807) is 4.68 Å². The van der Waals surface area contributed by atoms with Gasteiger partial charge in [-0.1, -0.05) is 0 Å². The third-order valence-electron chi connectivity index (χ3n) is 5.21. The zero-order chi connectivity index (χ0) is 20.9. The molecule has 29 heavy (non-hydrogen) atoms. The van der Waals surface area contributed by atoms with Crippen LogP contribution in [0.25, 0.3) is 0 Å². The van der Waals surface area contributed by atoms with Crippen LogP contribution in [0.2, 0.25) is 0 Å². The molecule has 1 saturated heterocycles. The lowest BCUT2D eigenvalue weighted by atomic mass is 9.94. The fraction of sp³-hybridized carbons (Fsp3) is 0.474. The maximum Gasteiger partial charge on any atom is 0.270 e. The lowest BCUT2D eigenvalue weighted by Gasteiger charge is -2.36. The Hall–Kier alpha value is -2.20. The molecule has 4 rings (SSSR count). The standard InChI is InChI=1S/C19H20F3N3O3S/c1-19(2)7-10(3-4-28-19)25-17-14(18(27)24-25)16(29-8-13(26)23-17)9-5-11(20)15(22)12(21)6-9/h5-6,10,16H,3-4,7-8H2,1-2H3,(H,23,26)(H,24,27). The summed E-state index contributed by atoms with van der Waals surface area (Å²) in [6, 6.07) is 1.61. The fourth-order valence-corrected chi connectivity index (χ4v) is 5.03. The molecule has 2 atom stereocenters. The first-order chi connectivity index (χ1) is 13.7. The number of carbonyl (C=O) groups is 1. The number of ether oxygens (including phenoxy) is 1. The van der Waals surface area contributed by atoms with Crippen molar-refractivity contribution in [2.45, 2.75) is 43.6 Å². The van der Waals surface area contributed by atoms with Gasteiger partial charge in [0.05, 0.1) is 28.2 Å². The monoisotopic (exact) mass is 427 g/mol. The lowest BCUT2D eigenvalue weighted by Crippen LogP contribution is -2.36. The molecule has 1 aromatic carbocycles. The number of rotatable bonds is 2. The summed E-state index contributed by atoms with van der Waals surface area (Å²) < 4.78 is 48.4. The Morgan fingerprint density at radius 2 is 1.90 bits per heavy atom. The van der Waals surface area contributed by atoms with E-state index < -0.39 is 33.9 Å². The number of nitrogens with one attached hydrogen (secondary N) is 2. The summed E-state index contributed by atoms with van der Waals surface area (Å²) >= 11 is 1.06. The minimum atomic E-state index is -1.57. The number of H-pyrrole nitrogens is 1. The van der Waals surface area contributed by atoms with E-state index in [9.17, 15) is 22.8 Å². The molecule has 0 bridgehead atoms. The normalized spacial score (nSPS) is 24.0. The molecule has 2 aromatic rings. The van der Waals surface area contributed by atoms with Crippen molar-refractivity contribution in [1.29, 1.82) is 0 Å². The molecule has 0 spiro atoms. The highest BCUT2D eigenvalue weighted by Gasteiger charge is 2.36. The zero-order valence-corrected chi connectivity index (χ0v) is 16.7. The van der Waals surface area contributed by atoms with Gasteiger partial charge in [-0.25, -0.2) is 13.2 Å². The topological polar surface area (TPSA) is 76.1 Å². The van der Waals surface area contributed by atoms with Crippen molar-refractivity contribution in [3.8, 4) is 0 Å². The number of thioether (sulfide) groups is 1. The minimum absolute atomic E-state index is 0.0152. The number of benzene rings is 1. The summed E-state index contributed by atoms with van der Waals surface area (Å²) in [5.41, 5.74) is -0.590. The van der Waals surface area contributed by atoms with Gasteiger partial charge in [0.2, 0.25) is 5.91 Å². The van der Waals surface area contributed by atoms with E-state index in [1.165, 1.54) is 0 Å². The van der Waals surface area contributed by atoms with Gasteiger partial charge in [-0.2, -0.15) is 0 Å². The van der Waals surface area contributed by atoms with Crippen molar-refractivity contribution >= 4 is 23.5 Å². The summed E-state index contributed by atoms with van der Waals surface area (Å²) in [7, 11) is 0. The highest BCUT2D eigenvalue weighted by atomic mass is 32.2. The van der Waals surface area contributed by atoms with Crippen LogP contribution >= 0.6 is 11.8 Å². The molecule has 156 valence electrons. The predicted molar refractivity (Wildman–Crippen MR) is 103 cm³/mol. The van der Waals surface area contributed by atoms with Crippen LogP contribution in [0.1, 0.15) is 49.1 Å². The Kier molecular flexibility index (Phi) is 5.02. The number of aromatic amines is 1. The van der Waals surface area contributed by atoms with Crippen molar-refractivity contribution in [2.24, 2.45) is 0 Å². The Morgan fingerprint density at radius 1 is 1.21 bits per heavy atom. The van der Waals surface area contributed by atoms with E-state index in [4.69, 9.17) is 4.74 Å². The Balaban J connectivity index is 1.83. The Labute approximate surface area is 168 Å². The maximum atomic E-state index is 13.8. The average molecular weight is 427 g/mol. The van der Waals surface area contributed by atoms with Gasteiger partial charge in [0.15, 0.2) is 17.5 Å². The molecular formula is C19H20F3N3O3S. The van der Waals surface area contributed by atoms with Gasteiger partial charge in [-0.15, -0.1) is 11.8 Å². The second-order valence-corrected chi connectivity index (χ2v) is 8.96. The maximum absolute atomic E-state index is 13.8. The van der Waals surface area contributed by atoms with Crippen molar-refractivity contribution in [3.05, 3.63) is 51.1 Å². The summed E-state index contributed by atoms with van der Waals surface area (Å²) in [5.74, 6) is -4.32. The number of nitrogens with zero attached hydrogens (tertiary/aromatic N) is 1. The van der Waals surface area contributed by atoms with Gasteiger partial charge in [0, 0.05) is 6.61 Å². The SMILES string of the molecule is CC1(C)CC(n2[nH]c(=O)c3c2NC(=O)CSC3c2cc(F)c(F)c(F)c2)CCO1. The van der Waals surface area contributed by atoms with Crippen LogP contribution in [0.5, 0.6) is 0 Å². The number of halogens is 3. The zero-order valence-electron chi connectivity index (χ0n) is 15.9. The molecule has 0 radical (unpaired) electrons. The molecule has 1 fully saturated rings. The van der Waals surface area contributed by atoms with E-state index in [0.717, 1.165) is 23.9 Å². The Bertz CT molecular complexity index is 1010. The molecule has 1 aromatic heterocycles. The van der Waals surface area contributed by atoms with Crippen LogP contribution in [-0.2, 0) is 9.53 Å². The van der Waals surface area contributed by atoms with Crippen LogP contribution in [0.4, 0.5) is 19.0 Å². The number of aromatic nitrogens is 2. The van der Waals surface area contributed by atoms with Gasteiger partial charge in [0.25, 0.3) is 5.56 Å². The van der Waals surface area contributed by atoms with E-state index in [2.05, 4.69) is 10.4 Å². The molecule has 0 aliphatic carbocycles. The molecule has 1 amide bonds. The number of hydrogen-bond donors (Lipinski definition) is 2.